The van der Waals surface area contributed by atoms with E-state index in [1.54, 1.807) is 12.1 Å². The van der Waals surface area contributed by atoms with Crippen molar-refractivity contribution in [3.63, 3.8) is 0 Å². The maximum Gasteiger partial charge on any atom is 0.341 e. The molecule has 1 amide bonds. The van der Waals surface area contributed by atoms with Gasteiger partial charge in [-0.2, -0.15) is 0 Å². The molecule has 0 bridgehead atoms. The Labute approximate surface area is 221 Å². The van der Waals surface area contributed by atoms with Gasteiger partial charge in [-0.15, -0.1) is 0 Å². The van der Waals surface area contributed by atoms with Gasteiger partial charge < -0.3 is 14.5 Å². The number of amides is 1. The third-order valence-electron chi connectivity index (χ3n) is 5.93. The highest BCUT2D eigenvalue weighted by molar-refractivity contribution is 8.71. The van der Waals surface area contributed by atoms with Gasteiger partial charge in [0.2, 0.25) is 14.8 Å². The number of anilines is 1. The lowest BCUT2D eigenvalue weighted by atomic mass is 9.92. The summed E-state index contributed by atoms with van der Waals surface area (Å²) in [5.41, 5.74) is 3.88. The summed E-state index contributed by atoms with van der Waals surface area (Å²) in [6.07, 6.45) is 1.91. The van der Waals surface area contributed by atoms with Crippen molar-refractivity contribution in [3.8, 4) is 0 Å². The Balaban J connectivity index is 1.51. The molecule has 10 heteroatoms. The summed E-state index contributed by atoms with van der Waals surface area (Å²) in [5.74, 6) is -0.163. The molecule has 3 rings (SSSR count). The van der Waals surface area contributed by atoms with Crippen molar-refractivity contribution in [1.29, 1.82) is 0 Å². The zero-order valence-corrected chi connectivity index (χ0v) is 23.5. The Morgan fingerprint density at radius 3 is 2.27 bits per heavy atom. The monoisotopic (exact) mass is 546 g/mol. The van der Waals surface area contributed by atoms with E-state index in [0.29, 0.717) is 42.0 Å². The molecule has 2 aromatic carbocycles. The normalized spacial score (nSPS) is 11.9. The molecule has 0 atom stereocenters. The molecule has 0 unspecified atom stereocenters. The van der Waals surface area contributed by atoms with E-state index in [-0.39, 0.29) is 39.9 Å². The van der Waals surface area contributed by atoms with Crippen LogP contribution >= 0.6 is 10.8 Å². The number of methoxy groups -OCH3 is 1. The number of benzene rings is 2. The average molecular weight is 547 g/mol. The van der Waals surface area contributed by atoms with Crippen LogP contribution in [0.15, 0.2) is 46.0 Å². The minimum Gasteiger partial charge on any atom is -0.465 e. The first-order valence-corrected chi connectivity index (χ1v) is 15.3. The van der Waals surface area contributed by atoms with Gasteiger partial charge >= 0.3 is 5.97 Å². The van der Waals surface area contributed by atoms with E-state index < -0.39 is 14.8 Å². The van der Waals surface area contributed by atoms with Crippen molar-refractivity contribution >= 4 is 48.3 Å². The maximum atomic E-state index is 12.7. The fraction of sp³-hybridized carbons (Fsp3) is 0.444. The van der Waals surface area contributed by atoms with Crippen LogP contribution in [0.4, 0.5) is 5.69 Å². The number of para-hydroxylation sites is 2. The van der Waals surface area contributed by atoms with Crippen LogP contribution in [0.2, 0.25) is 0 Å². The van der Waals surface area contributed by atoms with E-state index in [9.17, 15) is 18.0 Å². The molecule has 0 spiro atoms. The lowest BCUT2D eigenvalue weighted by Gasteiger charge is -2.20. The third kappa shape index (κ3) is 7.58. The summed E-state index contributed by atoms with van der Waals surface area (Å²) in [6, 6.07) is 10.9. The Kier molecular flexibility index (Phi) is 9.78. The third-order valence-corrected chi connectivity index (χ3v) is 8.98. The molecule has 0 aliphatic rings. The van der Waals surface area contributed by atoms with Crippen LogP contribution < -0.4 is 5.32 Å². The van der Waals surface area contributed by atoms with Crippen molar-refractivity contribution in [3.05, 3.63) is 53.1 Å². The number of oxazole rings is 1. The van der Waals surface area contributed by atoms with E-state index in [1.807, 2.05) is 18.2 Å². The summed E-state index contributed by atoms with van der Waals surface area (Å²) in [7, 11) is -1.76. The number of hydrogen-bond acceptors (Lipinski definition) is 8. The summed E-state index contributed by atoms with van der Waals surface area (Å²) in [6.45, 7) is 8.41. The lowest BCUT2D eigenvalue weighted by molar-refractivity contribution is -0.116. The molecule has 0 fully saturated rings. The Morgan fingerprint density at radius 1 is 1.00 bits per heavy atom. The molecule has 1 heterocycles. The van der Waals surface area contributed by atoms with Crippen molar-refractivity contribution in [2.45, 2.75) is 70.4 Å². The molecular weight excluding hydrogens is 512 g/mol. The second-order valence-electron chi connectivity index (χ2n) is 9.45. The van der Waals surface area contributed by atoms with Crippen LogP contribution in [0, 0.1) is 0 Å². The number of aromatic nitrogens is 1. The number of carbonyl (C=O) groups excluding carboxylic acids is 2. The van der Waals surface area contributed by atoms with Crippen LogP contribution in [0.1, 0.15) is 86.7 Å². The summed E-state index contributed by atoms with van der Waals surface area (Å²) in [4.78, 5) is 28.7. The van der Waals surface area contributed by atoms with Gasteiger partial charge in [-0.25, -0.2) is 18.2 Å². The van der Waals surface area contributed by atoms with Gasteiger partial charge in [0.1, 0.15) is 11.1 Å². The summed E-state index contributed by atoms with van der Waals surface area (Å²) < 4.78 is 35.4. The SMILES string of the molecule is COC(=O)c1cccc2nc(SS(=O)(=O)CCCCCC(=O)Nc3c(C(C)C)cccc3C(C)C)oc12. The van der Waals surface area contributed by atoms with Crippen LogP contribution in [-0.4, -0.2) is 38.1 Å². The smallest absolute Gasteiger partial charge is 0.341 e. The summed E-state index contributed by atoms with van der Waals surface area (Å²) in [5, 5.41) is 3.05. The van der Waals surface area contributed by atoms with Crippen LogP contribution in [-0.2, 0) is 18.4 Å². The molecule has 0 aliphatic heterocycles. The first kappa shape index (κ1) is 28.7. The van der Waals surface area contributed by atoms with E-state index in [0.717, 1.165) is 16.8 Å². The predicted octanol–water partition coefficient (Wildman–Crippen LogP) is 6.48. The molecule has 1 N–H and O–H groups in total. The Hall–Kier alpha value is -2.85. The quantitative estimate of drug-likeness (QED) is 0.156. The molecule has 0 aliphatic carbocycles. The molecular formula is C27H34N2O6S2. The number of hydrogen-bond donors (Lipinski definition) is 1. The fourth-order valence-corrected chi connectivity index (χ4v) is 6.60. The number of nitrogens with zero attached hydrogens (tertiary/aromatic N) is 1. The topological polar surface area (TPSA) is 116 Å². The van der Waals surface area contributed by atoms with Gasteiger partial charge in [0.15, 0.2) is 5.58 Å². The molecule has 37 heavy (non-hydrogen) atoms. The van der Waals surface area contributed by atoms with Crippen LogP contribution in [0.25, 0.3) is 11.1 Å². The van der Waals surface area contributed by atoms with Crippen LogP contribution in [0.5, 0.6) is 0 Å². The zero-order valence-electron chi connectivity index (χ0n) is 21.9. The summed E-state index contributed by atoms with van der Waals surface area (Å²) >= 11 is 0. The molecule has 200 valence electrons. The number of nitrogens with one attached hydrogen (secondary N) is 1. The van der Waals surface area contributed by atoms with Crippen molar-refractivity contribution in [2.75, 3.05) is 18.2 Å². The second-order valence-corrected chi connectivity index (χ2v) is 13.5. The first-order valence-electron chi connectivity index (χ1n) is 12.3. The lowest BCUT2D eigenvalue weighted by Crippen LogP contribution is -2.15. The fourth-order valence-electron chi connectivity index (χ4n) is 4.02. The number of unbranched alkanes of at least 4 members (excludes halogenated alkanes) is 2. The first-order chi connectivity index (χ1) is 17.5. The van der Waals surface area contributed by atoms with Gasteiger partial charge in [0, 0.05) is 12.1 Å². The second kappa shape index (κ2) is 12.6. The maximum absolute atomic E-state index is 12.7. The van der Waals surface area contributed by atoms with Gasteiger partial charge in [-0.3, -0.25) is 4.79 Å². The predicted molar refractivity (Wildman–Crippen MR) is 147 cm³/mol. The minimum atomic E-state index is -3.56. The largest absolute Gasteiger partial charge is 0.465 e. The Bertz CT molecular complexity index is 1340. The van der Waals surface area contributed by atoms with Crippen molar-refractivity contribution in [2.24, 2.45) is 0 Å². The molecule has 8 nitrogen and oxygen atoms in total. The highest BCUT2D eigenvalue weighted by Gasteiger charge is 2.21. The number of carbonyl (C=O) groups is 2. The molecule has 1 aromatic heterocycles. The zero-order chi connectivity index (χ0) is 27.2. The standard InChI is InChI=1S/C27H34N2O6S2/c1-17(2)19-11-9-12-20(18(3)4)24(19)29-23(30)15-7-6-8-16-37(32,33)36-27-28-22-14-10-13-21(25(22)35-27)26(31)34-5/h9-14,17-18H,6-8,15-16H2,1-5H3,(H,29,30). The number of fused-ring (bicyclic) bond motifs is 1. The number of rotatable bonds is 12. The number of esters is 1. The molecule has 0 radical (unpaired) electrons. The Morgan fingerprint density at radius 2 is 1.65 bits per heavy atom. The van der Waals surface area contributed by atoms with Crippen molar-refractivity contribution in [1.82, 2.24) is 4.98 Å². The average Bonchev–Trinajstić information content (AvgIpc) is 3.24. The molecule has 0 saturated carbocycles. The van der Waals surface area contributed by atoms with Gasteiger partial charge in [0.25, 0.3) is 5.22 Å². The minimum absolute atomic E-state index is 0.0458. The highest BCUT2D eigenvalue weighted by atomic mass is 33.1. The number of ether oxygens (including phenoxy) is 1. The van der Waals surface area contributed by atoms with Gasteiger partial charge in [-0.05, 0) is 47.9 Å². The van der Waals surface area contributed by atoms with E-state index >= 15 is 0 Å². The van der Waals surface area contributed by atoms with E-state index in [1.165, 1.54) is 13.2 Å². The van der Waals surface area contributed by atoms with Crippen molar-refractivity contribution < 1.29 is 27.2 Å². The van der Waals surface area contributed by atoms with E-state index in [2.05, 4.69) is 38.0 Å². The molecule has 0 saturated heterocycles. The molecule has 3 aromatic rings. The van der Waals surface area contributed by atoms with Gasteiger partial charge in [-0.1, -0.05) is 58.4 Å². The highest BCUT2D eigenvalue weighted by Crippen LogP contribution is 2.33. The van der Waals surface area contributed by atoms with E-state index in [4.69, 9.17) is 9.15 Å². The van der Waals surface area contributed by atoms with Gasteiger partial charge in [0.05, 0.1) is 23.7 Å². The van der Waals surface area contributed by atoms with Crippen LogP contribution in [0.3, 0.4) is 0 Å².